The first-order chi connectivity index (χ1) is 8.42. The van der Waals surface area contributed by atoms with Gasteiger partial charge in [-0.1, -0.05) is 6.92 Å². The van der Waals surface area contributed by atoms with Crippen LogP contribution in [-0.4, -0.2) is 33.3 Å². The smallest absolute Gasteiger partial charge is 0.342 e. The lowest BCUT2D eigenvalue weighted by molar-refractivity contribution is -0.148. The van der Waals surface area contributed by atoms with Gasteiger partial charge in [-0.15, -0.1) is 5.10 Å². The van der Waals surface area contributed by atoms with Crippen LogP contribution in [0.3, 0.4) is 0 Å². The summed E-state index contributed by atoms with van der Waals surface area (Å²) in [6.45, 7) is 5.30. The van der Waals surface area contributed by atoms with E-state index >= 15 is 0 Å². The van der Waals surface area contributed by atoms with Crippen molar-refractivity contribution < 1.29 is 9.53 Å². The molecule has 8 heteroatoms. The van der Waals surface area contributed by atoms with Crippen molar-refractivity contribution in [2.75, 3.05) is 11.9 Å². The zero-order chi connectivity index (χ0) is 13.8. The van der Waals surface area contributed by atoms with Crippen molar-refractivity contribution in [3.8, 4) is 0 Å². The monoisotopic (exact) mass is 256 g/mol. The minimum atomic E-state index is -1.08. The molecule has 0 saturated heterocycles. The van der Waals surface area contributed by atoms with Crippen LogP contribution in [0.25, 0.3) is 0 Å². The van der Waals surface area contributed by atoms with E-state index in [4.69, 9.17) is 4.74 Å². The number of ether oxygens (including phenoxy) is 1. The van der Waals surface area contributed by atoms with Gasteiger partial charge in [0.1, 0.15) is 5.54 Å². The Kier molecular flexibility index (Phi) is 4.24. The highest BCUT2D eigenvalue weighted by Gasteiger charge is 2.34. The molecule has 1 heterocycles. The maximum Gasteiger partial charge on any atom is 0.342 e. The summed E-state index contributed by atoms with van der Waals surface area (Å²) in [7, 11) is 0. The SMILES string of the molecule is CCOC(=O)[C@](C)(CC)Nc1n[nH]c(=O)[nH]c1=O. The molecule has 3 N–H and O–H groups in total. The number of rotatable bonds is 5. The quantitative estimate of drug-likeness (QED) is 0.617. The molecule has 1 rings (SSSR count). The molecule has 0 unspecified atom stereocenters. The third-order valence-electron chi connectivity index (χ3n) is 2.54. The van der Waals surface area contributed by atoms with Crippen LogP contribution >= 0.6 is 0 Å². The molecule has 1 aromatic heterocycles. The lowest BCUT2D eigenvalue weighted by atomic mass is 9.99. The first-order valence-electron chi connectivity index (χ1n) is 5.57. The topological polar surface area (TPSA) is 117 Å². The molecule has 1 atom stereocenters. The number of anilines is 1. The summed E-state index contributed by atoms with van der Waals surface area (Å²) in [5, 5.41) is 8.32. The Morgan fingerprint density at radius 2 is 2.11 bits per heavy atom. The molecule has 0 radical (unpaired) electrons. The van der Waals surface area contributed by atoms with Crippen molar-refractivity contribution in [1.82, 2.24) is 15.2 Å². The highest BCUT2D eigenvalue weighted by atomic mass is 16.5. The van der Waals surface area contributed by atoms with Gasteiger partial charge in [0.2, 0.25) is 5.82 Å². The summed E-state index contributed by atoms with van der Waals surface area (Å²) in [4.78, 5) is 36.1. The number of hydrogen-bond donors (Lipinski definition) is 3. The van der Waals surface area contributed by atoms with E-state index in [1.54, 1.807) is 20.8 Å². The molecular weight excluding hydrogens is 240 g/mol. The average Bonchev–Trinajstić information content (AvgIpc) is 2.33. The van der Waals surface area contributed by atoms with Crippen molar-refractivity contribution in [3.05, 3.63) is 20.8 Å². The van der Waals surface area contributed by atoms with Gasteiger partial charge in [0.15, 0.2) is 0 Å². The molecule has 0 bridgehead atoms. The van der Waals surface area contributed by atoms with Gasteiger partial charge in [-0.2, -0.15) is 0 Å². The Hall–Kier alpha value is -2.12. The Morgan fingerprint density at radius 3 is 2.61 bits per heavy atom. The number of H-pyrrole nitrogens is 2. The first kappa shape index (κ1) is 13.9. The number of carbonyl (C=O) groups excluding carboxylic acids is 1. The molecule has 0 aromatic carbocycles. The van der Waals surface area contributed by atoms with Crippen molar-refractivity contribution >= 4 is 11.8 Å². The Labute approximate surface area is 103 Å². The fourth-order valence-electron chi connectivity index (χ4n) is 1.27. The number of hydrogen-bond acceptors (Lipinski definition) is 6. The lowest BCUT2D eigenvalue weighted by Crippen LogP contribution is -2.46. The Morgan fingerprint density at radius 1 is 1.44 bits per heavy atom. The third-order valence-corrected chi connectivity index (χ3v) is 2.54. The summed E-state index contributed by atoms with van der Waals surface area (Å²) in [5.74, 6) is -0.619. The van der Waals surface area contributed by atoms with E-state index in [2.05, 4.69) is 15.5 Å². The van der Waals surface area contributed by atoms with Gasteiger partial charge >= 0.3 is 11.7 Å². The zero-order valence-corrected chi connectivity index (χ0v) is 10.5. The third kappa shape index (κ3) is 2.96. The van der Waals surface area contributed by atoms with Crippen LogP contribution in [0.2, 0.25) is 0 Å². The Bertz CT molecular complexity index is 535. The van der Waals surface area contributed by atoms with E-state index in [1.807, 2.05) is 4.98 Å². The number of aromatic amines is 2. The predicted molar refractivity (Wildman–Crippen MR) is 64.4 cm³/mol. The van der Waals surface area contributed by atoms with Crippen LogP contribution in [0.1, 0.15) is 27.2 Å². The molecule has 0 fully saturated rings. The maximum atomic E-state index is 11.8. The average molecular weight is 256 g/mol. The number of nitrogens with zero attached hydrogens (tertiary/aromatic N) is 1. The van der Waals surface area contributed by atoms with Crippen molar-refractivity contribution in [1.29, 1.82) is 0 Å². The molecule has 0 aliphatic carbocycles. The van der Waals surface area contributed by atoms with Crippen molar-refractivity contribution in [3.63, 3.8) is 0 Å². The summed E-state index contributed by atoms with van der Waals surface area (Å²) >= 11 is 0. The summed E-state index contributed by atoms with van der Waals surface area (Å²) in [6, 6.07) is 0. The standard InChI is InChI=1S/C10H16N4O4/c1-4-10(3,8(16)18-5-2)12-6-7(15)11-9(17)14-13-6/h4-5H2,1-3H3,(H,12,13)(H2,11,14,15,17)/t10-/m0/s1. The van der Waals surface area contributed by atoms with Crippen molar-refractivity contribution in [2.45, 2.75) is 32.7 Å². The van der Waals surface area contributed by atoms with Gasteiger partial charge in [0.25, 0.3) is 5.56 Å². The minimum Gasteiger partial charge on any atom is -0.464 e. The Balaban J connectivity index is 3.02. The maximum absolute atomic E-state index is 11.8. The predicted octanol–water partition coefficient (Wildman–Crippen LogP) is -0.398. The highest BCUT2D eigenvalue weighted by molar-refractivity contribution is 5.83. The first-order valence-corrected chi connectivity index (χ1v) is 5.57. The number of aromatic nitrogens is 3. The fourth-order valence-corrected chi connectivity index (χ4v) is 1.27. The molecule has 0 aliphatic heterocycles. The lowest BCUT2D eigenvalue weighted by Gasteiger charge is -2.26. The second-order valence-corrected chi connectivity index (χ2v) is 3.89. The number of carbonyl (C=O) groups is 1. The summed E-state index contributed by atoms with van der Waals surface area (Å²) < 4.78 is 4.92. The van der Waals surface area contributed by atoms with Gasteiger partial charge in [0.05, 0.1) is 6.61 Å². The van der Waals surface area contributed by atoms with E-state index in [0.29, 0.717) is 6.42 Å². The van der Waals surface area contributed by atoms with Gasteiger partial charge in [0, 0.05) is 0 Å². The molecule has 1 aromatic rings. The molecule has 100 valence electrons. The van der Waals surface area contributed by atoms with E-state index in [0.717, 1.165) is 0 Å². The molecule has 8 nitrogen and oxygen atoms in total. The summed E-state index contributed by atoms with van der Waals surface area (Å²) in [6.07, 6.45) is 0.395. The molecule has 0 spiro atoms. The summed E-state index contributed by atoms with van der Waals surface area (Å²) in [5.41, 5.74) is -2.48. The van der Waals surface area contributed by atoms with E-state index < -0.39 is 22.8 Å². The highest BCUT2D eigenvalue weighted by Crippen LogP contribution is 2.16. The van der Waals surface area contributed by atoms with Crippen LogP contribution in [0.15, 0.2) is 9.59 Å². The molecule has 0 amide bonds. The van der Waals surface area contributed by atoms with E-state index in [9.17, 15) is 14.4 Å². The fraction of sp³-hybridized carbons (Fsp3) is 0.600. The molecular formula is C10H16N4O4. The second-order valence-electron chi connectivity index (χ2n) is 3.89. The van der Waals surface area contributed by atoms with Gasteiger partial charge in [-0.25, -0.2) is 14.7 Å². The number of esters is 1. The number of nitrogens with one attached hydrogen (secondary N) is 3. The van der Waals surface area contributed by atoms with Gasteiger partial charge < -0.3 is 10.1 Å². The molecule has 18 heavy (non-hydrogen) atoms. The van der Waals surface area contributed by atoms with Crippen LogP contribution in [0.4, 0.5) is 5.82 Å². The van der Waals surface area contributed by atoms with Gasteiger partial charge in [-0.05, 0) is 20.3 Å². The van der Waals surface area contributed by atoms with Crippen LogP contribution < -0.4 is 16.6 Å². The van der Waals surface area contributed by atoms with Crippen LogP contribution in [0.5, 0.6) is 0 Å². The van der Waals surface area contributed by atoms with Crippen LogP contribution in [-0.2, 0) is 9.53 Å². The van der Waals surface area contributed by atoms with Gasteiger partial charge in [-0.3, -0.25) is 9.78 Å². The van der Waals surface area contributed by atoms with Crippen molar-refractivity contribution in [2.24, 2.45) is 0 Å². The van der Waals surface area contributed by atoms with Crippen LogP contribution in [0, 0.1) is 0 Å². The van der Waals surface area contributed by atoms with E-state index in [1.165, 1.54) is 0 Å². The van der Waals surface area contributed by atoms with E-state index in [-0.39, 0.29) is 12.4 Å². The molecule has 0 aliphatic rings. The largest absolute Gasteiger partial charge is 0.464 e. The minimum absolute atomic E-state index is 0.132. The second kappa shape index (κ2) is 5.48. The zero-order valence-electron chi connectivity index (χ0n) is 10.5. The molecule has 0 saturated carbocycles. The normalized spacial score (nSPS) is 13.7.